The van der Waals surface area contributed by atoms with Crippen molar-refractivity contribution in [3.05, 3.63) is 41.9 Å². The zero-order valence-corrected chi connectivity index (χ0v) is 11.7. The number of nitrogens with zero attached hydrogens (tertiary/aromatic N) is 3. The maximum absolute atomic E-state index is 11.9. The van der Waals surface area contributed by atoms with Crippen LogP contribution in [0.25, 0.3) is 0 Å². The summed E-state index contributed by atoms with van der Waals surface area (Å²) < 4.78 is 0. The Kier molecular flexibility index (Phi) is 6.57. The Hall–Kier alpha value is -2.72. The summed E-state index contributed by atoms with van der Waals surface area (Å²) >= 11 is 0. The average molecular weight is 287 g/mol. The van der Waals surface area contributed by atoms with Crippen molar-refractivity contribution >= 4 is 11.8 Å². The van der Waals surface area contributed by atoms with Crippen LogP contribution in [0.4, 0.5) is 0 Å². The molecule has 0 bridgehead atoms. The predicted octanol–water partition coefficient (Wildman–Crippen LogP) is -0.0875. The number of hydrogen-bond acceptors (Lipinski definition) is 5. The Morgan fingerprint density at radius 2 is 2.33 bits per heavy atom. The quantitative estimate of drug-likeness (QED) is 0.561. The molecule has 0 atom stereocenters. The van der Waals surface area contributed by atoms with E-state index >= 15 is 0 Å². The maximum atomic E-state index is 11.9. The third kappa shape index (κ3) is 5.42. The number of nitrogens with one attached hydrogen (secondary N) is 1. The molecule has 2 amide bonds. The molecule has 7 nitrogen and oxygen atoms in total. The lowest BCUT2D eigenvalue weighted by molar-refractivity contribution is -0.126. The molecular weight excluding hydrogens is 270 g/mol. The summed E-state index contributed by atoms with van der Waals surface area (Å²) in [6.07, 6.45) is 4.46. The highest BCUT2D eigenvalue weighted by Gasteiger charge is 2.12. The first-order valence-corrected chi connectivity index (χ1v) is 6.34. The number of rotatable bonds is 6. The smallest absolute Gasteiger partial charge is 0.263 e. The second-order valence-corrected chi connectivity index (χ2v) is 4.20. The van der Waals surface area contributed by atoms with Gasteiger partial charge in [-0.25, -0.2) is 0 Å². The molecule has 0 unspecified atom stereocenters. The molecule has 7 heteroatoms. The van der Waals surface area contributed by atoms with Crippen molar-refractivity contribution in [3.8, 4) is 6.07 Å². The van der Waals surface area contributed by atoms with E-state index < -0.39 is 5.91 Å². The molecule has 0 aliphatic heterocycles. The number of carbonyl (C=O) groups is 2. The second kappa shape index (κ2) is 8.45. The van der Waals surface area contributed by atoms with Gasteiger partial charge in [-0.05, 0) is 11.6 Å². The fourth-order valence-corrected chi connectivity index (χ4v) is 1.53. The van der Waals surface area contributed by atoms with Gasteiger partial charge in [0.1, 0.15) is 11.6 Å². The lowest BCUT2D eigenvalue weighted by atomic mass is 10.2. The number of pyridine rings is 1. The first-order valence-electron chi connectivity index (χ1n) is 6.34. The van der Waals surface area contributed by atoms with Crippen LogP contribution in [0.2, 0.25) is 0 Å². The largest absolute Gasteiger partial charge is 0.347 e. The monoisotopic (exact) mass is 287 g/mol. The van der Waals surface area contributed by atoms with E-state index in [4.69, 9.17) is 11.0 Å². The minimum atomic E-state index is -0.551. The van der Waals surface area contributed by atoms with Crippen LogP contribution in [0.15, 0.2) is 36.3 Å². The highest BCUT2D eigenvalue weighted by Crippen LogP contribution is 2.01. The summed E-state index contributed by atoms with van der Waals surface area (Å²) in [7, 11) is 0. The topological polar surface area (TPSA) is 112 Å². The third-order valence-corrected chi connectivity index (χ3v) is 2.60. The fourth-order valence-electron chi connectivity index (χ4n) is 1.53. The molecule has 0 saturated carbocycles. The highest BCUT2D eigenvalue weighted by molar-refractivity contribution is 5.97. The molecule has 1 aromatic heterocycles. The van der Waals surface area contributed by atoms with Gasteiger partial charge in [0.05, 0.1) is 0 Å². The molecule has 1 heterocycles. The van der Waals surface area contributed by atoms with Crippen LogP contribution < -0.4 is 11.1 Å². The van der Waals surface area contributed by atoms with Gasteiger partial charge in [-0.15, -0.1) is 0 Å². The number of hydrogen-bond donors (Lipinski definition) is 2. The molecule has 0 spiro atoms. The Bertz CT molecular complexity index is 562. The van der Waals surface area contributed by atoms with E-state index in [-0.39, 0.29) is 31.1 Å². The van der Waals surface area contributed by atoms with Crippen LogP contribution in [0.1, 0.15) is 12.5 Å². The first-order chi connectivity index (χ1) is 10.1. The summed E-state index contributed by atoms with van der Waals surface area (Å²) in [5.74, 6) is -0.835. The van der Waals surface area contributed by atoms with Gasteiger partial charge in [0.25, 0.3) is 5.91 Å². The lowest BCUT2D eigenvalue weighted by Crippen LogP contribution is -2.31. The van der Waals surface area contributed by atoms with Gasteiger partial charge in [0.2, 0.25) is 5.91 Å². The molecule has 1 rings (SSSR count). The summed E-state index contributed by atoms with van der Waals surface area (Å²) in [6.45, 7) is 2.08. The summed E-state index contributed by atoms with van der Waals surface area (Å²) in [5.41, 5.74) is 6.04. The average Bonchev–Trinajstić information content (AvgIpc) is 2.49. The van der Waals surface area contributed by atoms with Crippen LogP contribution in [-0.4, -0.2) is 34.8 Å². The van der Waals surface area contributed by atoms with Crippen molar-refractivity contribution in [1.82, 2.24) is 15.2 Å². The molecule has 1 aromatic rings. The Balaban J connectivity index is 2.72. The van der Waals surface area contributed by atoms with Crippen LogP contribution in [0.5, 0.6) is 0 Å². The normalized spacial score (nSPS) is 10.6. The van der Waals surface area contributed by atoms with Crippen molar-refractivity contribution in [1.29, 1.82) is 5.26 Å². The number of nitriles is 1. The van der Waals surface area contributed by atoms with Crippen LogP contribution in [0, 0.1) is 11.3 Å². The standard InChI is InChI=1S/C14H17N5O2/c1-11(20)19(6-4-15)10-13(7-16)14(21)18-9-12-3-2-5-17-8-12/h2-3,5,8,10H,4,6,9,15H2,1H3,(H,18,21)/b13-10-. The summed E-state index contributed by atoms with van der Waals surface area (Å²) in [6, 6.07) is 5.34. The summed E-state index contributed by atoms with van der Waals surface area (Å²) in [4.78, 5) is 28.4. The first kappa shape index (κ1) is 16.3. The van der Waals surface area contributed by atoms with Crippen LogP contribution in [-0.2, 0) is 16.1 Å². The molecule has 3 N–H and O–H groups in total. The van der Waals surface area contributed by atoms with Gasteiger partial charge in [-0.2, -0.15) is 5.26 Å². The number of aromatic nitrogens is 1. The van der Waals surface area contributed by atoms with Crippen molar-refractivity contribution in [2.45, 2.75) is 13.5 Å². The fraction of sp³-hybridized carbons (Fsp3) is 0.286. The van der Waals surface area contributed by atoms with E-state index in [1.165, 1.54) is 18.0 Å². The van der Waals surface area contributed by atoms with Crippen molar-refractivity contribution in [3.63, 3.8) is 0 Å². The van der Waals surface area contributed by atoms with E-state index in [0.717, 1.165) is 5.56 Å². The molecule has 0 saturated heterocycles. The number of nitrogens with two attached hydrogens (primary N) is 1. The third-order valence-electron chi connectivity index (χ3n) is 2.60. The zero-order valence-electron chi connectivity index (χ0n) is 11.7. The molecule has 21 heavy (non-hydrogen) atoms. The van der Waals surface area contributed by atoms with E-state index in [1.807, 2.05) is 0 Å². The number of carbonyl (C=O) groups excluding carboxylic acids is 2. The molecule has 0 aliphatic carbocycles. The van der Waals surface area contributed by atoms with Crippen LogP contribution >= 0.6 is 0 Å². The van der Waals surface area contributed by atoms with E-state index in [1.54, 1.807) is 30.6 Å². The molecular formula is C14H17N5O2. The van der Waals surface area contributed by atoms with Gasteiger partial charge in [0, 0.05) is 45.2 Å². The summed E-state index contributed by atoms with van der Waals surface area (Å²) in [5, 5.41) is 11.6. The second-order valence-electron chi connectivity index (χ2n) is 4.20. The van der Waals surface area contributed by atoms with Gasteiger partial charge < -0.3 is 16.0 Å². The van der Waals surface area contributed by atoms with Crippen LogP contribution in [0.3, 0.4) is 0 Å². The lowest BCUT2D eigenvalue weighted by Gasteiger charge is -2.15. The van der Waals surface area contributed by atoms with E-state index in [9.17, 15) is 9.59 Å². The van der Waals surface area contributed by atoms with Gasteiger partial charge in [-0.3, -0.25) is 14.6 Å². The molecule has 0 aromatic carbocycles. The van der Waals surface area contributed by atoms with Gasteiger partial charge in [0.15, 0.2) is 0 Å². The highest BCUT2D eigenvalue weighted by atomic mass is 16.2. The van der Waals surface area contributed by atoms with E-state index in [0.29, 0.717) is 0 Å². The molecule has 110 valence electrons. The molecule has 0 radical (unpaired) electrons. The zero-order chi connectivity index (χ0) is 15.7. The molecule has 0 aliphatic rings. The van der Waals surface area contributed by atoms with Gasteiger partial charge >= 0.3 is 0 Å². The Morgan fingerprint density at radius 3 is 2.86 bits per heavy atom. The van der Waals surface area contributed by atoms with Crippen molar-refractivity contribution in [2.75, 3.05) is 13.1 Å². The SMILES string of the molecule is CC(=O)N(/C=C(/C#N)C(=O)NCc1cccnc1)CCN. The Labute approximate surface area is 123 Å². The van der Waals surface area contributed by atoms with Gasteiger partial charge in [-0.1, -0.05) is 6.07 Å². The van der Waals surface area contributed by atoms with E-state index in [2.05, 4.69) is 10.3 Å². The van der Waals surface area contributed by atoms with Crippen molar-refractivity contribution in [2.24, 2.45) is 5.73 Å². The predicted molar refractivity (Wildman–Crippen MR) is 76.2 cm³/mol. The minimum absolute atomic E-state index is 0.150. The Morgan fingerprint density at radius 1 is 1.57 bits per heavy atom. The number of amides is 2. The maximum Gasteiger partial charge on any atom is 0.263 e. The molecule has 0 fully saturated rings. The van der Waals surface area contributed by atoms with Crippen molar-refractivity contribution < 1.29 is 9.59 Å². The minimum Gasteiger partial charge on any atom is -0.347 e.